The lowest BCUT2D eigenvalue weighted by Gasteiger charge is -2.36. The first kappa shape index (κ1) is 43.8. The number of hydrogen-bond acceptors (Lipinski definition) is 10. The molecule has 1 saturated carbocycles. The number of carbonyl (C=O) groups is 4. The lowest BCUT2D eigenvalue weighted by Crippen LogP contribution is -2.54. The standard InChI is InChI=1S/C49H58N6O8/c1-29(2)44(52-47(58)60-5)46(57)54-28-49(62-19-20-63-49)25-43(54)42-24-37(26-51-42)32-13-11-31(12-14-32)33-15-16-35-22-36(18-17-34(35)21-33)38-23-41(50-27-38)39-9-7-8-10-40(39)45(56)55(30(3)4)53-48(59)61-6/h11-18,21-22,26-27,29-30,39-40,43-44H,7-10,19-20,23-25,28H2,1-6H3,(H,52,58)(H,53,59)/t39?,40-,43+,44+/m1/s1. The first-order valence-corrected chi connectivity index (χ1v) is 22.1. The fraction of sp³-hybridized carbons (Fsp3) is 0.469. The van der Waals surface area contributed by atoms with Crippen molar-refractivity contribution in [3.05, 3.63) is 84.2 Å². The van der Waals surface area contributed by atoms with Gasteiger partial charge in [0.05, 0.1) is 40.0 Å². The van der Waals surface area contributed by atoms with Crippen molar-refractivity contribution in [1.29, 1.82) is 0 Å². The number of hydrazine groups is 1. The number of alkyl carbamates (subject to hydrolysis) is 1. The van der Waals surface area contributed by atoms with Crippen molar-refractivity contribution in [3.8, 4) is 11.1 Å². The van der Waals surface area contributed by atoms with E-state index in [2.05, 4.69) is 71.4 Å². The Morgan fingerprint density at radius 2 is 1.35 bits per heavy atom. The Labute approximate surface area is 368 Å². The molecule has 0 radical (unpaired) electrons. The quantitative estimate of drug-likeness (QED) is 0.195. The van der Waals surface area contributed by atoms with E-state index in [1.807, 2.05) is 40.1 Å². The van der Waals surface area contributed by atoms with Gasteiger partial charge in [-0.15, -0.1) is 0 Å². The molecule has 2 saturated heterocycles. The van der Waals surface area contributed by atoms with Crippen molar-refractivity contribution in [2.75, 3.05) is 34.0 Å². The molecule has 332 valence electrons. The van der Waals surface area contributed by atoms with Crippen molar-refractivity contribution >= 4 is 57.3 Å². The molecule has 2 N–H and O–H groups in total. The first-order valence-electron chi connectivity index (χ1n) is 22.1. The Morgan fingerprint density at radius 3 is 2.02 bits per heavy atom. The molecule has 8 rings (SSSR count). The van der Waals surface area contributed by atoms with Gasteiger partial charge in [0.1, 0.15) is 6.04 Å². The van der Waals surface area contributed by atoms with Gasteiger partial charge in [-0.3, -0.25) is 19.6 Å². The monoisotopic (exact) mass is 858 g/mol. The average molecular weight is 859 g/mol. The highest BCUT2D eigenvalue weighted by Crippen LogP contribution is 2.41. The summed E-state index contributed by atoms with van der Waals surface area (Å²) in [6.07, 6.45) is 7.92. The number of ether oxygens (including phenoxy) is 4. The first-order chi connectivity index (χ1) is 30.4. The number of allylic oxidation sites excluding steroid dienone is 2. The van der Waals surface area contributed by atoms with E-state index in [0.717, 1.165) is 81.3 Å². The number of fused-ring (bicyclic) bond motifs is 1. The van der Waals surface area contributed by atoms with Crippen LogP contribution in [-0.2, 0) is 28.5 Å². The summed E-state index contributed by atoms with van der Waals surface area (Å²) < 4.78 is 21.7. The minimum Gasteiger partial charge on any atom is -0.453 e. The molecule has 1 unspecified atom stereocenters. The van der Waals surface area contributed by atoms with Crippen LogP contribution in [0.3, 0.4) is 0 Å². The maximum Gasteiger partial charge on any atom is 0.425 e. The number of benzene rings is 3. The number of aliphatic imine (C=N–C) groups is 2. The van der Waals surface area contributed by atoms with Crippen LogP contribution in [0, 0.1) is 17.8 Å². The van der Waals surface area contributed by atoms with Crippen LogP contribution in [0.2, 0.25) is 0 Å². The highest BCUT2D eigenvalue weighted by Gasteiger charge is 2.53. The molecule has 14 heteroatoms. The molecule has 0 bridgehead atoms. The SMILES string of the molecule is COC(=O)N[C@H](C(=O)N1CC2(C[C@H]1C1=NC=C(c3ccc(-c4ccc5cc(C6=CN=C(C7CCCC[C@H]7C(=O)N(NC(=O)OC)C(C)C)C6)ccc5c4)cc3)C1)OCCO2)C(C)C. The minimum atomic E-state index is -0.890. The topological polar surface area (TPSA) is 160 Å². The number of hydrogen-bond donors (Lipinski definition) is 2. The molecule has 3 aromatic carbocycles. The van der Waals surface area contributed by atoms with Gasteiger partial charge in [0, 0.05) is 61.0 Å². The summed E-state index contributed by atoms with van der Waals surface area (Å²) in [4.78, 5) is 63.6. The molecule has 4 aliphatic heterocycles. The molecule has 0 aromatic heterocycles. The lowest BCUT2D eigenvalue weighted by atomic mass is 9.74. The molecular weight excluding hydrogens is 801 g/mol. The van der Waals surface area contributed by atoms with E-state index < -0.39 is 24.0 Å². The second-order valence-electron chi connectivity index (χ2n) is 17.8. The van der Waals surface area contributed by atoms with Crippen LogP contribution < -0.4 is 10.7 Å². The third-order valence-electron chi connectivity index (χ3n) is 13.1. The van der Waals surface area contributed by atoms with Gasteiger partial charge in [0.15, 0.2) is 5.79 Å². The molecule has 4 amide bonds. The Balaban J connectivity index is 0.912. The Morgan fingerprint density at radius 1 is 0.762 bits per heavy atom. The van der Waals surface area contributed by atoms with Crippen LogP contribution in [0.4, 0.5) is 9.59 Å². The second-order valence-corrected chi connectivity index (χ2v) is 17.8. The van der Waals surface area contributed by atoms with E-state index in [1.54, 1.807) is 4.90 Å². The van der Waals surface area contributed by atoms with E-state index in [4.69, 9.17) is 28.9 Å². The summed E-state index contributed by atoms with van der Waals surface area (Å²) in [6.45, 7) is 8.72. The molecule has 3 fully saturated rings. The van der Waals surface area contributed by atoms with Gasteiger partial charge in [-0.1, -0.05) is 75.2 Å². The second kappa shape index (κ2) is 18.5. The van der Waals surface area contributed by atoms with Crippen LogP contribution >= 0.6 is 0 Å². The molecule has 3 aromatic rings. The zero-order valence-corrected chi connectivity index (χ0v) is 37.0. The van der Waals surface area contributed by atoms with E-state index in [-0.39, 0.29) is 48.2 Å². The van der Waals surface area contributed by atoms with Crippen LogP contribution in [-0.4, -0.2) is 103 Å². The van der Waals surface area contributed by atoms with Gasteiger partial charge in [0.2, 0.25) is 11.8 Å². The van der Waals surface area contributed by atoms with Gasteiger partial charge in [-0.25, -0.2) is 20.0 Å². The maximum absolute atomic E-state index is 14.0. The van der Waals surface area contributed by atoms with Crippen molar-refractivity contribution in [2.45, 2.75) is 96.6 Å². The minimum absolute atomic E-state index is 0.0122. The largest absolute Gasteiger partial charge is 0.453 e. The zero-order chi connectivity index (χ0) is 44.4. The smallest absolute Gasteiger partial charge is 0.425 e. The highest BCUT2D eigenvalue weighted by atomic mass is 16.7. The Bertz CT molecular complexity index is 2380. The highest BCUT2D eigenvalue weighted by molar-refractivity contribution is 6.05. The Kier molecular flexibility index (Phi) is 12.8. The normalized spacial score (nSPS) is 22.2. The number of amides is 4. The fourth-order valence-electron chi connectivity index (χ4n) is 9.72. The summed E-state index contributed by atoms with van der Waals surface area (Å²) in [5.41, 5.74) is 11.1. The molecule has 4 heterocycles. The number of carbonyl (C=O) groups excluding carboxylic acids is 4. The van der Waals surface area contributed by atoms with Crippen molar-refractivity contribution in [3.63, 3.8) is 0 Å². The zero-order valence-electron chi connectivity index (χ0n) is 37.0. The number of methoxy groups -OCH3 is 2. The van der Waals surface area contributed by atoms with E-state index in [9.17, 15) is 19.2 Å². The molecule has 4 atom stereocenters. The summed E-state index contributed by atoms with van der Waals surface area (Å²) in [6, 6.07) is 20.2. The third-order valence-corrected chi connectivity index (χ3v) is 13.1. The van der Waals surface area contributed by atoms with E-state index in [1.165, 1.54) is 19.2 Å². The van der Waals surface area contributed by atoms with Gasteiger partial charge in [0.25, 0.3) is 0 Å². The lowest BCUT2D eigenvalue weighted by molar-refractivity contribution is -0.153. The summed E-state index contributed by atoms with van der Waals surface area (Å²) in [5, 5.41) is 6.39. The number of nitrogens with zero attached hydrogens (tertiary/aromatic N) is 4. The van der Waals surface area contributed by atoms with Crippen LogP contribution in [0.1, 0.15) is 83.8 Å². The maximum atomic E-state index is 14.0. The van der Waals surface area contributed by atoms with E-state index in [0.29, 0.717) is 32.5 Å². The van der Waals surface area contributed by atoms with Crippen molar-refractivity contribution in [1.82, 2.24) is 20.7 Å². The van der Waals surface area contributed by atoms with Gasteiger partial charge < -0.3 is 29.2 Å². The fourth-order valence-corrected chi connectivity index (χ4v) is 9.72. The number of likely N-dealkylation sites (tertiary alicyclic amines) is 1. The summed E-state index contributed by atoms with van der Waals surface area (Å²) in [7, 11) is 2.58. The van der Waals surface area contributed by atoms with Gasteiger partial charge >= 0.3 is 12.2 Å². The molecule has 1 spiro atoms. The van der Waals surface area contributed by atoms with Crippen LogP contribution in [0.5, 0.6) is 0 Å². The average Bonchev–Trinajstić information content (AvgIpc) is 4.14. The molecular formula is C49H58N6O8. The number of nitrogens with one attached hydrogen (secondary N) is 2. The Hall–Kier alpha value is -5.86. The van der Waals surface area contributed by atoms with Gasteiger partial charge in [-0.05, 0) is 88.9 Å². The predicted octanol–water partition coefficient (Wildman–Crippen LogP) is 7.92. The van der Waals surface area contributed by atoms with Gasteiger partial charge in [-0.2, -0.15) is 0 Å². The molecule has 63 heavy (non-hydrogen) atoms. The molecule has 5 aliphatic rings. The predicted molar refractivity (Wildman–Crippen MR) is 241 cm³/mol. The molecule has 1 aliphatic carbocycles. The van der Waals surface area contributed by atoms with Crippen LogP contribution in [0.25, 0.3) is 33.0 Å². The van der Waals surface area contributed by atoms with E-state index >= 15 is 0 Å². The van der Waals surface area contributed by atoms with Crippen molar-refractivity contribution in [2.24, 2.45) is 27.7 Å². The molecule has 14 nitrogen and oxygen atoms in total. The van der Waals surface area contributed by atoms with Crippen LogP contribution in [0.15, 0.2) is 83.0 Å². The number of rotatable bonds is 10. The summed E-state index contributed by atoms with van der Waals surface area (Å²) in [5.74, 6) is -1.61. The van der Waals surface area contributed by atoms with Crippen molar-refractivity contribution < 1.29 is 38.1 Å². The third kappa shape index (κ3) is 9.15. The summed E-state index contributed by atoms with van der Waals surface area (Å²) >= 11 is 0.